The van der Waals surface area contributed by atoms with Crippen molar-refractivity contribution in [1.82, 2.24) is 24.4 Å². The fourth-order valence-corrected chi connectivity index (χ4v) is 2.49. The maximum atomic E-state index is 11.9. The molecule has 1 atom stereocenters. The molecule has 0 fully saturated rings. The fourth-order valence-electron chi connectivity index (χ4n) is 2.02. The summed E-state index contributed by atoms with van der Waals surface area (Å²) >= 11 is 0. The number of amides is 1. The molecule has 2 N–H and O–H groups in total. The van der Waals surface area contributed by atoms with E-state index in [4.69, 9.17) is 0 Å². The topological polar surface area (TPSA) is 105 Å². The molecule has 0 bridgehead atoms. The van der Waals surface area contributed by atoms with E-state index in [0.717, 1.165) is 11.9 Å². The third-order valence-electron chi connectivity index (χ3n) is 3.07. The first kappa shape index (κ1) is 16.4. The molecule has 1 amide bonds. The van der Waals surface area contributed by atoms with Gasteiger partial charge in [-0.3, -0.25) is 9.20 Å². The molecule has 8 nitrogen and oxygen atoms in total. The zero-order valence-corrected chi connectivity index (χ0v) is 13.3. The van der Waals surface area contributed by atoms with Crippen molar-refractivity contribution in [2.24, 2.45) is 0 Å². The Hall–Kier alpha value is -2.00. The highest BCUT2D eigenvalue weighted by Crippen LogP contribution is 2.15. The van der Waals surface area contributed by atoms with Crippen LogP contribution in [0.3, 0.4) is 0 Å². The Bertz CT molecular complexity index is 723. The van der Waals surface area contributed by atoms with E-state index in [-0.39, 0.29) is 24.9 Å². The molecule has 0 aliphatic heterocycles. The van der Waals surface area contributed by atoms with Gasteiger partial charge in [0.2, 0.25) is 21.7 Å². The Morgan fingerprint density at radius 2 is 2.23 bits per heavy atom. The number of aromatic nitrogens is 3. The number of fused-ring (bicyclic) bond motifs is 1. The van der Waals surface area contributed by atoms with Gasteiger partial charge in [0.1, 0.15) is 0 Å². The van der Waals surface area contributed by atoms with Crippen molar-refractivity contribution in [2.45, 2.75) is 25.8 Å². The second-order valence-electron chi connectivity index (χ2n) is 4.94. The van der Waals surface area contributed by atoms with Crippen molar-refractivity contribution in [3.8, 4) is 0 Å². The van der Waals surface area contributed by atoms with E-state index in [0.29, 0.717) is 12.2 Å². The second-order valence-corrected chi connectivity index (χ2v) is 6.77. The van der Waals surface area contributed by atoms with E-state index >= 15 is 0 Å². The van der Waals surface area contributed by atoms with Crippen molar-refractivity contribution in [1.29, 1.82) is 0 Å². The molecule has 2 rings (SSSR count). The molecule has 1 unspecified atom stereocenters. The quantitative estimate of drug-likeness (QED) is 0.758. The number of rotatable bonds is 7. The third-order valence-corrected chi connectivity index (χ3v) is 3.80. The molecule has 0 saturated carbocycles. The Morgan fingerprint density at radius 3 is 2.86 bits per heavy atom. The van der Waals surface area contributed by atoms with Gasteiger partial charge < -0.3 is 5.32 Å². The standard InChI is InChI=1S/C13H19N5O3S/c1-3-10(16-12(19)5-7-15-22(2,20)21)11-9-18-8-4-6-14-13(18)17-11/h4,6,8-10,15H,3,5,7H2,1-2H3,(H,16,19). The number of carbonyl (C=O) groups excluding carboxylic acids is 1. The summed E-state index contributed by atoms with van der Waals surface area (Å²) in [6, 6.07) is 1.57. The van der Waals surface area contributed by atoms with Crippen LogP contribution in [-0.2, 0) is 14.8 Å². The van der Waals surface area contributed by atoms with Gasteiger partial charge in [-0.05, 0) is 12.5 Å². The molecule has 9 heteroatoms. The number of nitrogens with zero attached hydrogens (tertiary/aromatic N) is 3. The van der Waals surface area contributed by atoms with Crippen LogP contribution in [0.1, 0.15) is 31.5 Å². The Labute approximate surface area is 129 Å². The predicted octanol–water partition coefficient (Wildman–Crippen LogP) is 0.236. The zero-order chi connectivity index (χ0) is 16.2. The lowest BCUT2D eigenvalue weighted by atomic mass is 10.1. The normalized spacial score (nSPS) is 13.2. The smallest absolute Gasteiger partial charge is 0.233 e. The number of sulfonamides is 1. The van der Waals surface area contributed by atoms with Crippen LogP contribution < -0.4 is 10.0 Å². The molecule has 0 spiro atoms. The molecule has 22 heavy (non-hydrogen) atoms. The van der Waals surface area contributed by atoms with Gasteiger partial charge in [0.05, 0.1) is 18.0 Å². The molecule has 2 aromatic heterocycles. The maximum absolute atomic E-state index is 11.9. The molecule has 0 aromatic carbocycles. The number of carbonyl (C=O) groups is 1. The van der Waals surface area contributed by atoms with E-state index in [9.17, 15) is 13.2 Å². The molecule has 0 aliphatic rings. The minimum absolute atomic E-state index is 0.0772. The van der Waals surface area contributed by atoms with E-state index in [1.54, 1.807) is 16.7 Å². The maximum Gasteiger partial charge on any atom is 0.233 e. The average molecular weight is 325 g/mol. The van der Waals surface area contributed by atoms with Crippen LogP contribution in [0.4, 0.5) is 0 Å². The van der Waals surface area contributed by atoms with Crippen molar-refractivity contribution in [3.63, 3.8) is 0 Å². The van der Waals surface area contributed by atoms with Gasteiger partial charge in [-0.2, -0.15) is 0 Å². The number of hydrogen-bond acceptors (Lipinski definition) is 5. The first-order chi connectivity index (χ1) is 10.4. The second kappa shape index (κ2) is 6.84. The summed E-state index contributed by atoms with van der Waals surface area (Å²) in [4.78, 5) is 20.4. The van der Waals surface area contributed by atoms with Crippen molar-refractivity contribution < 1.29 is 13.2 Å². The minimum Gasteiger partial charge on any atom is -0.348 e. The number of nitrogens with one attached hydrogen (secondary N) is 2. The lowest BCUT2D eigenvalue weighted by Gasteiger charge is -2.14. The van der Waals surface area contributed by atoms with Gasteiger partial charge in [-0.15, -0.1) is 0 Å². The Morgan fingerprint density at radius 1 is 1.45 bits per heavy atom. The van der Waals surface area contributed by atoms with Crippen molar-refractivity contribution in [2.75, 3.05) is 12.8 Å². The van der Waals surface area contributed by atoms with Crippen LogP contribution in [0.2, 0.25) is 0 Å². The van der Waals surface area contributed by atoms with Crippen molar-refractivity contribution >= 4 is 21.7 Å². The number of hydrogen-bond donors (Lipinski definition) is 2. The summed E-state index contributed by atoms with van der Waals surface area (Å²) in [5.41, 5.74) is 0.727. The summed E-state index contributed by atoms with van der Waals surface area (Å²) < 4.78 is 26.0. The Kier molecular flexibility index (Phi) is 5.09. The number of imidazole rings is 1. The van der Waals surface area contributed by atoms with Gasteiger partial charge >= 0.3 is 0 Å². The van der Waals surface area contributed by atoms with Crippen molar-refractivity contribution in [3.05, 3.63) is 30.4 Å². The monoisotopic (exact) mass is 325 g/mol. The molecule has 2 heterocycles. The largest absolute Gasteiger partial charge is 0.348 e. The SMILES string of the molecule is CCC(NC(=O)CCNS(C)(=O)=O)c1cn2cccnc2n1. The lowest BCUT2D eigenvalue weighted by Crippen LogP contribution is -2.32. The van der Waals surface area contributed by atoms with Crippen LogP contribution in [0.5, 0.6) is 0 Å². The molecule has 2 aromatic rings. The highest BCUT2D eigenvalue weighted by molar-refractivity contribution is 7.88. The van der Waals surface area contributed by atoms with Crippen LogP contribution in [-0.4, -0.2) is 41.5 Å². The third kappa shape index (κ3) is 4.50. The first-order valence-electron chi connectivity index (χ1n) is 6.92. The minimum atomic E-state index is -3.28. The predicted molar refractivity (Wildman–Crippen MR) is 81.6 cm³/mol. The summed E-state index contributed by atoms with van der Waals surface area (Å²) in [5, 5.41) is 2.85. The fraction of sp³-hybridized carbons (Fsp3) is 0.462. The molecular weight excluding hydrogens is 306 g/mol. The molecular formula is C13H19N5O3S. The van der Waals surface area contributed by atoms with Crippen LogP contribution in [0, 0.1) is 0 Å². The van der Waals surface area contributed by atoms with Gasteiger partial charge in [0.25, 0.3) is 0 Å². The van der Waals surface area contributed by atoms with E-state index in [2.05, 4.69) is 20.0 Å². The summed E-state index contributed by atoms with van der Waals surface area (Å²) in [6.07, 6.45) is 7.13. The van der Waals surface area contributed by atoms with Gasteiger partial charge in [-0.25, -0.2) is 23.1 Å². The van der Waals surface area contributed by atoms with Gasteiger partial charge in [-0.1, -0.05) is 6.92 Å². The summed E-state index contributed by atoms with van der Waals surface area (Å²) in [7, 11) is -3.28. The first-order valence-corrected chi connectivity index (χ1v) is 8.82. The highest BCUT2D eigenvalue weighted by atomic mass is 32.2. The summed E-state index contributed by atoms with van der Waals surface area (Å²) in [5.74, 6) is 0.344. The zero-order valence-electron chi connectivity index (χ0n) is 12.5. The average Bonchev–Trinajstić information content (AvgIpc) is 2.87. The van der Waals surface area contributed by atoms with Crippen LogP contribution in [0.25, 0.3) is 5.78 Å². The van der Waals surface area contributed by atoms with Gasteiger partial charge in [0, 0.05) is 31.6 Å². The highest BCUT2D eigenvalue weighted by Gasteiger charge is 2.16. The van der Waals surface area contributed by atoms with Crippen LogP contribution >= 0.6 is 0 Å². The summed E-state index contributed by atoms with van der Waals surface area (Å²) in [6.45, 7) is 2.02. The Balaban J connectivity index is 1.98. The van der Waals surface area contributed by atoms with E-state index < -0.39 is 10.0 Å². The molecule has 0 aliphatic carbocycles. The molecule has 0 radical (unpaired) electrons. The molecule has 0 saturated heterocycles. The van der Waals surface area contributed by atoms with Gasteiger partial charge in [0.15, 0.2) is 0 Å². The molecule has 120 valence electrons. The lowest BCUT2D eigenvalue weighted by molar-refractivity contribution is -0.121. The van der Waals surface area contributed by atoms with Crippen LogP contribution in [0.15, 0.2) is 24.7 Å². The van der Waals surface area contributed by atoms with E-state index in [1.165, 1.54) is 0 Å². The van der Waals surface area contributed by atoms with E-state index in [1.807, 2.05) is 19.3 Å².